The SMILES string of the molecule is Cl.NC1C2CCCC1CC(C(=O)N1CCC(Oc3ccc(F)cc3)CC1)C2. The van der Waals surface area contributed by atoms with E-state index >= 15 is 0 Å². The van der Waals surface area contributed by atoms with Crippen LogP contribution >= 0.6 is 12.4 Å². The number of hydrogen-bond acceptors (Lipinski definition) is 3. The van der Waals surface area contributed by atoms with Crippen molar-refractivity contribution in [3.8, 4) is 5.75 Å². The minimum absolute atomic E-state index is 0. The maximum Gasteiger partial charge on any atom is 0.225 e. The van der Waals surface area contributed by atoms with Gasteiger partial charge in [0, 0.05) is 37.9 Å². The minimum atomic E-state index is -0.255. The van der Waals surface area contributed by atoms with E-state index < -0.39 is 0 Å². The van der Waals surface area contributed by atoms with Gasteiger partial charge in [0.1, 0.15) is 17.7 Å². The van der Waals surface area contributed by atoms with Gasteiger partial charge in [0.15, 0.2) is 0 Å². The Bertz CT molecular complexity index is 620. The molecule has 4 rings (SSSR count). The number of hydrogen-bond donors (Lipinski definition) is 1. The maximum atomic E-state index is 13.0. The van der Waals surface area contributed by atoms with E-state index in [4.69, 9.17) is 10.5 Å². The molecule has 1 aromatic carbocycles. The van der Waals surface area contributed by atoms with Crippen LogP contribution in [0.15, 0.2) is 24.3 Å². The van der Waals surface area contributed by atoms with Gasteiger partial charge in [-0.1, -0.05) is 6.42 Å². The van der Waals surface area contributed by atoms with Crippen molar-refractivity contribution in [2.45, 2.75) is 57.1 Å². The molecule has 3 fully saturated rings. The molecule has 1 aromatic rings. The third-order valence-corrected chi connectivity index (χ3v) is 6.63. The molecule has 27 heavy (non-hydrogen) atoms. The van der Waals surface area contributed by atoms with E-state index in [1.54, 1.807) is 12.1 Å². The Morgan fingerprint density at radius 3 is 2.22 bits per heavy atom. The molecule has 1 heterocycles. The smallest absolute Gasteiger partial charge is 0.225 e. The van der Waals surface area contributed by atoms with Crippen LogP contribution in [-0.4, -0.2) is 36.0 Å². The first-order valence-electron chi connectivity index (χ1n) is 10.1. The van der Waals surface area contributed by atoms with E-state index in [0.29, 0.717) is 29.5 Å². The quantitative estimate of drug-likeness (QED) is 0.846. The van der Waals surface area contributed by atoms with E-state index in [-0.39, 0.29) is 30.2 Å². The lowest BCUT2D eigenvalue weighted by Crippen LogP contribution is -2.51. The van der Waals surface area contributed by atoms with Crippen LogP contribution in [0.4, 0.5) is 4.39 Å². The zero-order chi connectivity index (χ0) is 18.1. The number of halogens is 2. The highest BCUT2D eigenvalue weighted by Crippen LogP contribution is 2.42. The second-order valence-electron chi connectivity index (χ2n) is 8.29. The van der Waals surface area contributed by atoms with Gasteiger partial charge in [0.05, 0.1) is 0 Å². The maximum absolute atomic E-state index is 13.0. The fourth-order valence-corrected chi connectivity index (χ4v) is 5.15. The first-order valence-corrected chi connectivity index (χ1v) is 10.1. The van der Waals surface area contributed by atoms with Crippen LogP contribution in [0.3, 0.4) is 0 Å². The van der Waals surface area contributed by atoms with Crippen molar-refractivity contribution in [1.82, 2.24) is 4.90 Å². The van der Waals surface area contributed by atoms with Gasteiger partial charge in [0.2, 0.25) is 5.91 Å². The van der Waals surface area contributed by atoms with Gasteiger partial charge < -0.3 is 15.4 Å². The van der Waals surface area contributed by atoms with Gasteiger partial charge in [-0.05, 0) is 61.8 Å². The molecule has 3 aliphatic rings. The van der Waals surface area contributed by atoms with Crippen molar-refractivity contribution >= 4 is 18.3 Å². The molecular formula is C21H30ClFN2O2. The van der Waals surface area contributed by atoms with Crippen LogP contribution in [0.5, 0.6) is 5.75 Å². The fraction of sp³-hybridized carbons (Fsp3) is 0.667. The van der Waals surface area contributed by atoms with Crippen LogP contribution in [0, 0.1) is 23.6 Å². The number of likely N-dealkylation sites (tertiary alicyclic amines) is 1. The van der Waals surface area contributed by atoms with Gasteiger partial charge >= 0.3 is 0 Å². The van der Waals surface area contributed by atoms with Crippen LogP contribution in [0.25, 0.3) is 0 Å². The summed E-state index contributed by atoms with van der Waals surface area (Å²) in [5.74, 6) is 2.01. The topological polar surface area (TPSA) is 55.6 Å². The number of rotatable bonds is 3. The number of benzene rings is 1. The summed E-state index contributed by atoms with van der Waals surface area (Å²) in [5.41, 5.74) is 6.36. The number of nitrogens with two attached hydrogens (primary N) is 1. The van der Waals surface area contributed by atoms with Crippen LogP contribution in [0.1, 0.15) is 44.9 Å². The van der Waals surface area contributed by atoms with E-state index in [1.807, 2.05) is 4.90 Å². The van der Waals surface area contributed by atoms with E-state index in [0.717, 1.165) is 38.8 Å². The zero-order valence-corrected chi connectivity index (χ0v) is 16.5. The van der Waals surface area contributed by atoms with Crippen LogP contribution in [-0.2, 0) is 4.79 Å². The predicted molar refractivity (Wildman–Crippen MR) is 105 cm³/mol. The van der Waals surface area contributed by atoms with Crippen molar-refractivity contribution < 1.29 is 13.9 Å². The summed E-state index contributed by atoms with van der Waals surface area (Å²) in [6.07, 6.45) is 7.37. The second kappa shape index (κ2) is 8.78. The van der Waals surface area contributed by atoms with Gasteiger partial charge in [0.25, 0.3) is 0 Å². The van der Waals surface area contributed by atoms with E-state index in [9.17, 15) is 9.18 Å². The highest BCUT2D eigenvalue weighted by molar-refractivity contribution is 5.85. The Balaban J connectivity index is 0.00000210. The number of amides is 1. The molecule has 0 radical (unpaired) electrons. The summed E-state index contributed by atoms with van der Waals surface area (Å²) >= 11 is 0. The number of fused-ring (bicyclic) bond motifs is 2. The highest BCUT2D eigenvalue weighted by atomic mass is 35.5. The van der Waals surface area contributed by atoms with Gasteiger partial charge in [-0.3, -0.25) is 4.79 Å². The monoisotopic (exact) mass is 396 g/mol. The molecule has 150 valence electrons. The molecule has 1 amide bonds. The lowest BCUT2D eigenvalue weighted by Gasteiger charge is -2.45. The molecule has 2 saturated carbocycles. The van der Waals surface area contributed by atoms with Crippen LogP contribution < -0.4 is 10.5 Å². The minimum Gasteiger partial charge on any atom is -0.490 e. The molecule has 1 aliphatic heterocycles. The van der Waals surface area contributed by atoms with Crippen molar-refractivity contribution in [2.75, 3.05) is 13.1 Å². The molecule has 2 N–H and O–H groups in total. The lowest BCUT2D eigenvalue weighted by molar-refractivity contribution is -0.140. The lowest BCUT2D eigenvalue weighted by atomic mass is 9.65. The largest absolute Gasteiger partial charge is 0.490 e. The molecule has 2 atom stereocenters. The summed E-state index contributed by atoms with van der Waals surface area (Å²) in [6, 6.07) is 6.47. The van der Waals surface area contributed by atoms with E-state index in [1.165, 1.54) is 31.4 Å². The average Bonchev–Trinajstić information content (AvgIpc) is 2.63. The van der Waals surface area contributed by atoms with Crippen LogP contribution in [0.2, 0.25) is 0 Å². The summed E-state index contributed by atoms with van der Waals surface area (Å²) in [7, 11) is 0. The molecule has 6 heteroatoms. The molecule has 4 nitrogen and oxygen atoms in total. The molecule has 0 aromatic heterocycles. The molecule has 1 saturated heterocycles. The summed E-state index contributed by atoms with van der Waals surface area (Å²) < 4.78 is 18.9. The Morgan fingerprint density at radius 1 is 1.04 bits per heavy atom. The first kappa shape index (κ1) is 20.4. The summed E-state index contributed by atoms with van der Waals surface area (Å²) in [4.78, 5) is 15.0. The Hall–Kier alpha value is -1.33. The molecule has 2 bridgehead atoms. The molecular weight excluding hydrogens is 367 g/mol. The zero-order valence-electron chi connectivity index (χ0n) is 15.7. The van der Waals surface area contributed by atoms with Crippen molar-refractivity contribution in [3.63, 3.8) is 0 Å². The second-order valence-corrected chi connectivity index (χ2v) is 8.29. The Morgan fingerprint density at radius 2 is 1.63 bits per heavy atom. The van der Waals surface area contributed by atoms with Gasteiger partial charge in [-0.15, -0.1) is 12.4 Å². The first-order chi connectivity index (χ1) is 12.6. The van der Waals surface area contributed by atoms with Crippen molar-refractivity contribution in [3.05, 3.63) is 30.1 Å². The van der Waals surface area contributed by atoms with Crippen molar-refractivity contribution in [1.29, 1.82) is 0 Å². The number of piperidine rings is 1. The molecule has 0 spiro atoms. The summed E-state index contributed by atoms with van der Waals surface area (Å²) in [5, 5.41) is 0. The highest BCUT2D eigenvalue weighted by Gasteiger charge is 2.42. The Kier molecular flexibility index (Phi) is 6.64. The number of ether oxygens (including phenoxy) is 1. The molecule has 2 aliphatic carbocycles. The predicted octanol–water partition coefficient (Wildman–Crippen LogP) is 3.77. The van der Waals surface area contributed by atoms with Gasteiger partial charge in [-0.2, -0.15) is 0 Å². The Labute approximate surface area is 167 Å². The normalized spacial score (nSPS) is 31.1. The third-order valence-electron chi connectivity index (χ3n) is 6.63. The number of nitrogens with zero attached hydrogens (tertiary/aromatic N) is 1. The standard InChI is InChI=1S/C21H29FN2O2.ClH/c22-17-4-6-18(7-5-17)26-19-8-10-24(11-9-19)21(25)16-12-14-2-1-3-15(13-16)20(14)23;/h4-7,14-16,19-20H,1-3,8-13,23H2;1H. The van der Waals surface area contributed by atoms with Gasteiger partial charge in [-0.25, -0.2) is 4.39 Å². The number of carbonyl (C=O) groups excluding carboxylic acids is 1. The molecule has 2 unspecified atom stereocenters. The fourth-order valence-electron chi connectivity index (χ4n) is 5.15. The third kappa shape index (κ3) is 4.57. The number of carbonyl (C=O) groups is 1. The average molecular weight is 397 g/mol. The summed E-state index contributed by atoms with van der Waals surface area (Å²) in [6.45, 7) is 1.51. The van der Waals surface area contributed by atoms with Crippen molar-refractivity contribution in [2.24, 2.45) is 23.5 Å². The van der Waals surface area contributed by atoms with E-state index in [2.05, 4.69) is 0 Å².